The summed E-state index contributed by atoms with van der Waals surface area (Å²) in [6, 6.07) is 86.9. The van der Waals surface area contributed by atoms with Crippen LogP contribution in [0.3, 0.4) is 0 Å². The minimum Gasteiger partial charge on any atom is -0.310 e. The van der Waals surface area contributed by atoms with Crippen LogP contribution in [-0.4, -0.2) is 0 Å². The highest BCUT2D eigenvalue weighted by molar-refractivity contribution is 7.25. The first-order valence-corrected chi connectivity index (χ1v) is 23.3. The summed E-state index contributed by atoms with van der Waals surface area (Å²) in [7, 11) is 0. The molecule has 308 valence electrons. The van der Waals surface area contributed by atoms with Crippen molar-refractivity contribution in [3.63, 3.8) is 0 Å². The normalized spacial score (nSPS) is 12.6. The standard InChI is InChI=1S/C63H45NS/c1-63(2)58-37-32-48(39-56(58)57-41-49(43-18-8-4-9-19-43)40-55(62(57)63)45-20-10-5-11-21-45)44-28-33-50(34-29-44)64(52-23-14-22-47(38-52)42-16-6-3-7-17-42)51-35-30-46(31-36-51)53-25-15-27-60-61(53)54-24-12-13-26-59(54)65-60/h3-41H,1-2H3. The molecule has 0 N–H and O–H groups in total. The minimum atomic E-state index is -0.165. The van der Waals surface area contributed by atoms with Crippen molar-refractivity contribution in [2.45, 2.75) is 19.3 Å². The number of hydrogen-bond acceptors (Lipinski definition) is 2. The molecule has 11 aromatic rings. The average molecular weight is 848 g/mol. The largest absolute Gasteiger partial charge is 0.310 e. The fourth-order valence-electron chi connectivity index (χ4n) is 10.3. The molecule has 1 aliphatic carbocycles. The average Bonchev–Trinajstić information content (AvgIpc) is 3.87. The van der Waals surface area contributed by atoms with Crippen LogP contribution in [0.15, 0.2) is 237 Å². The van der Waals surface area contributed by atoms with E-state index in [1.165, 1.54) is 98.1 Å². The van der Waals surface area contributed by atoms with Gasteiger partial charge in [0.05, 0.1) is 0 Å². The highest BCUT2D eigenvalue weighted by atomic mass is 32.1. The molecule has 65 heavy (non-hydrogen) atoms. The first-order chi connectivity index (χ1) is 32.0. The second-order valence-corrected chi connectivity index (χ2v) is 18.8. The van der Waals surface area contributed by atoms with Crippen LogP contribution in [0.2, 0.25) is 0 Å². The Kier molecular flexibility index (Phi) is 9.44. The van der Waals surface area contributed by atoms with Gasteiger partial charge in [0.25, 0.3) is 0 Å². The summed E-state index contributed by atoms with van der Waals surface area (Å²) in [5.74, 6) is 0. The number of hydrogen-bond donors (Lipinski definition) is 0. The van der Waals surface area contributed by atoms with Crippen LogP contribution in [0.25, 0.3) is 86.9 Å². The Hall–Kier alpha value is -7.78. The van der Waals surface area contributed by atoms with Gasteiger partial charge in [0.2, 0.25) is 0 Å². The smallest absolute Gasteiger partial charge is 0.0467 e. The first-order valence-electron chi connectivity index (χ1n) is 22.5. The predicted octanol–water partition coefficient (Wildman–Crippen LogP) is 18.2. The number of thiophene rings is 1. The van der Waals surface area contributed by atoms with Crippen LogP contribution in [0.4, 0.5) is 17.1 Å². The maximum atomic E-state index is 2.43. The van der Waals surface area contributed by atoms with Gasteiger partial charge in [0, 0.05) is 42.6 Å². The van der Waals surface area contributed by atoms with E-state index in [1.807, 2.05) is 11.3 Å². The molecule has 0 fully saturated rings. The minimum absolute atomic E-state index is 0.165. The van der Waals surface area contributed by atoms with Crippen molar-refractivity contribution in [2.75, 3.05) is 4.90 Å². The Morgan fingerprint density at radius 3 is 1.52 bits per heavy atom. The number of nitrogens with zero attached hydrogens (tertiary/aromatic N) is 1. The summed E-state index contributed by atoms with van der Waals surface area (Å²) >= 11 is 1.87. The summed E-state index contributed by atoms with van der Waals surface area (Å²) in [5.41, 5.74) is 20.8. The third-order valence-electron chi connectivity index (χ3n) is 13.4. The number of anilines is 3. The molecular weight excluding hydrogens is 803 g/mol. The van der Waals surface area contributed by atoms with Gasteiger partial charge in [-0.05, 0) is 145 Å². The monoisotopic (exact) mass is 847 g/mol. The Bertz CT molecular complexity index is 3530. The molecule has 12 rings (SSSR count). The molecule has 0 radical (unpaired) electrons. The third-order valence-corrected chi connectivity index (χ3v) is 14.6. The van der Waals surface area contributed by atoms with Gasteiger partial charge in [0.1, 0.15) is 0 Å². The van der Waals surface area contributed by atoms with E-state index in [1.54, 1.807) is 0 Å². The van der Waals surface area contributed by atoms with E-state index in [4.69, 9.17) is 0 Å². The molecule has 0 amide bonds. The van der Waals surface area contributed by atoms with Crippen LogP contribution in [0, 0.1) is 0 Å². The van der Waals surface area contributed by atoms with Gasteiger partial charge in [-0.3, -0.25) is 0 Å². The van der Waals surface area contributed by atoms with E-state index < -0.39 is 0 Å². The lowest BCUT2D eigenvalue weighted by molar-refractivity contribution is 0.662. The lowest BCUT2D eigenvalue weighted by atomic mass is 9.78. The SMILES string of the molecule is CC1(C)c2ccc(-c3ccc(N(c4ccc(-c5cccc6sc7ccccc7c56)cc4)c4cccc(-c5ccccc5)c4)cc3)cc2-c2cc(-c3ccccc3)cc(-c3ccccc3)c21. The molecule has 1 aromatic heterocycles. The van der Waals surface area contributed by atoms with Gasteiger partial charge in [0.15, 0.2) is 0 Å². The van der Waals surface area contributed by atoms with Gasteiger partial charge >= 0.3 is 0 Å². The lowest BCUT2D eigenvalue weighted by Crippen LogP contribution is -2.16. The second-order valence-electron chi connectivity index (χ2n) is 17.7. The van der Waals surface area contributed by atoms with Crippen molar-refractivity contribution in [2.24, 2.45) is 0 Å². The molecule has 1 nitrogen and oxygen atoms in total. The molecule has 10 aromatic carbocycles. The summed E-state index contributed by atoms with van der Waals surface area (Å²) < 4.78 is 2.64. The van der Waals surface area contributed by atoms with Crippen LogP contribution in [0.1, 0.15) is 25.0 Å². The van der Waals surface area contributed by atoms with E-state index in [2.05, 4.69) is 255 Å². The van der Waals surface area contributed by atoms with Gasteiger partial charge in [-0.2, -0.15) is 0 Å². The van der Waals surface area contributed by atoms with Crippen molar-refractivity contribution < 1.29 is 0 Å². The molecule has 0 aliphatic heterocycles. The van der Waals surface area contributed by atoms with E-state index in [0.29, 0.717) is 0 Å². The molecule has 1 heterocycles. The summed E-state index contributed by atoms with van der Waals surface area (Å²) in [6.45, 7) is 4.78. The Labute approximate surface area is 385 Å². The van der Waals surface area contributed by atoms with Crippen LogP contribution >= 0.6 is 11.3 Å². The van der Waals surface area contributed by atoms with Gasteiger partial charge < -0.3 is 4.90 Å². The van der Waals surface area contributed by atoms with Gasteiger partial charge in [-0.1, -0.05) is 184 Å². The predicted molar refractivity (Wildman–Crippen MR) is 279 cm³/mol. The molecular formula is C63H45NS. The van der Waals surface area contributed by atoms with E-state index in [-0.39, 0.29) is 5.41 Å². The zero-order valence-electron chi connectivity index (χ0n) is 36.4. The quantitative estimate of drug-likeness (QED) is 0.147. The molecule has 1 aliphatic rings. The summed E-state index contributed by atoms with van der Waals surface area (Å²) in [4.78, 5) is 2.39. The topological polar surface area (TPSA) is 3.24 Å². The van der Waals surface area contributed by atoms with Crippen molar-refractivity contribution in [3.8, 4) is 66.8 Å². The maximum Gasteiger partial charge on any atom is 0.0467 e. The van der Waals surface area contributed by atoms with Crippen molar-refractivity contribution in [1.29, 1.82) is 0 Å². The number of fused-ring (bicyclic) bond motifs is 6. The Morgan fingerprint density at radius 1 is 0.323 bits per heavy atom. The van der Waals surface area contributed by atoms with Gasteiger partial charge in [-0.15, -0.1) is 11.3 Å². The molecule has 0 saturated heterocycles. The highest BCUT2D eigenvalue weighted by Crippen LogP contribution is 2.54. The number of benzene rings is 10. The van der Waals surface area contributed by atoms with Crippen LogP contribution in [0.5, 0.6) is 0 Å². The van der Waals surface area contributed by atoms with E-state index >= 15 is 0 Å². The van der Waals surface area contributed by atoms with Crippen molar-refractivity contribution >= 4 is 48.6 Å². The molecule has 2 heteroatoms. The molecule has 0 bridgehead atoms. The van der Waals surface area contributed by atoms with E-state index in [9.17, 15) is 0 Å². The highest BCUT2D eigenvalue weighted by Gasteiger charge is 2.38. The first kappa shape index (κ1) is 38.9. The molecule has 0 unspecified atom stereocenters. The fraction of sp³-hybridized carbons (Fsp3) is 0.0476. The lowest BCUT2D eigenvalue weighted by Gasteiger charge is -2.26. The molecule has 0 saturated carbocycles. The fourth-order valence-corrected chi connectivity index (χ4v) is 11.4. The second kappa shape index (κ2) is 15.8. The third kappa shape index (κ3) is 6.77. The van der Waals surface area contributed by atoms with Crippen molar-refractivity contribution in [3.05, 3.63) is 248 Å². The summed E-state index contributed by atoms with van der Waals surface area (Å²) in [6.07, 6.45) is 0. The maximum absolute atomic E-state index is 2.43. The Balaban J connectivity index is 0.948. The van der Waals surface area contributed by atoms with E-state index in [0.717, 1.165) is 17.1 Å². The summed E-state index contributed by atoms with van der Waals surface area (Å²) in [5, 5.41) is 2.65. The van der Waals surface area contributed by atoms with Gasteiger partial charge in [-0.25, -0.2) is 0 Å². The van der Waals surface area contributed by atoms with Crippen LogP contribution < -0.4 is 4.90 Å². The zero-order chi connectivity index (χ0) is 43.5. The van der Waals surface area contributed by atoms with Crippen LogP contribution in [-0.2, 0) is 5.41 Å². The molecule has 0 atom stereocenters. The molecule has 0 spiro atoms. The van der Waals surface area contributed by atoms with Crippen molar-refractivity contribution in [1.82, 2.24) is 0 Å². The Morgan fingerprint density at radius 2 is 0.815 bits per heavy atom. The zero-order valence-corrected chi connectivity index (χ0v) is 37.2. The number of rotatable bonds is 8.